The van der Waals surface area contributed by atoms with Gasteiger partial charge in [-0.25, -0.2) is 9.78 Å². The summed E-state index contributed by atoms with van der Waals surface area (Å²) in [6, 6.07) is 50.8. The van der Waals surface area contributed by atoms with E-state index < -0.39 is 5.54 Å². The second-order valence-corrected chi connectivity index (χ2v) is 14.2. The highest BCUT2D eigenvalue weighted by Gasteiger charge is 2.37. The number of carbonyl (C=O) groups excluding carboxylic acids is 1. The molecule has 0 aliphatic carbocycles. The van der Waals surface area contributed by atoms with Crippen LogP contribution >= 0.6 is 0 Å². The Bertz CT molecular complexity index is 2100. The van der Waals surface area contributed by atoms with Gasteiger partial charge in [-0.15, -0.1) is 0 Å². The summed E-state index contributed by atoms with van der Waals surface area (Å²) in [5.74, 6) is 1.44. The van der Waals surface area contributed by atoms with Crippen molar-refractivity contribution in [2.24, 2.45) is 0 Å². The fraction of sp³-hybridized carbons (Fsp3) is 0.213. The zero-order valence-electron chi connectivity index (χ0n) is 31.6. The average molecular weight is 730 g/mol. The predicted molar refractivity (Wildman–Crippen MR) is 220 cm³/mol. The Labute approximate surface area is 323 Å². The van der Waals surface area contributed by atoms with Crippen LogP contribution in [0.1, 0.15) is 54.2 Å². The number of anilines is 2. The van der Waals surface area contributed by atoms with E-state index in [4.69, 9.17) is 14.5 Å². The maximum absolute atomic E-state index is 13.0. The molecule has 1 aromatic heterocycles. The zero-order chi connectivity index (χ0) is 38.2. The molecular formula is C47H47N5O3. The number of carbonyl (C=O) groups is 1. The summed E-state index contributed by atoms with van der Waals surface area (Å²) < 4.78 is 11.8. The van der Waals surface area contributed by atoms with E-state index in [1.807, 2.05) is 99.6 Å². The maximum atomic E-state index is 13.0. The Kier molecular flexibility index (Phi) is 11.2. The number of pyridine rings is 1. The number of nitrogens with one attached hydrogen (secondary N) is 2. The molecule has 1 amide bonds. The van der Waals surface area contributed by atoms with Crippen molar-refractivity contribution in [2.45, 2.75) is 45.1 Å². The van der Waals surface area contributed by atoms with Crippen molar-refractivity contribution in [3.63, 3.8) is 0 Å². The van der Waals surface area contributed by atoms with Crippen molar-refractivity contribution < 1.29 is 14.3 Å². The van der Waals surface area contributed by atoms with E-state index in [9.17, 15) is 10.2 Å². The van der Waals surface area contributed by atoms with Gasteiger partial charge in [-0.2, -0.15) is 0 Å². The van der Waals surface area contributed by atoms with E-state index in [1.54, 1.807) is 11.1 Å². The van der Waals surface area contributed by atoms with E-state index in [1.165, 1.54) is 0 Å². The number of piperazine rings is 1. The highest BCUT2D eigenvalue weighted by Crippen LogP contribution is 2.41. The minimum absolute atomic E-state index is 0.0401. The summed E-state index contributed by atoms with van der Waals surface area (Å²) in [4.78, 5) is 21.7. The molecule has 0 spiro atoms. The van der Waals surface area contributed by atoms with Crippen molar-refractivity contribution in [1.29, 1.82) is 5.41 Å². The molecule has 1 saturated heterocycles. The number of hydrogen-bond acceptors (Lipinski definition) is 7. The van der Waals surface area contributed by atoms with Gasteiger partial charge in [-0.1, -0.05) is 121 Å². The number of ether oxygens (including phenoxy) is 2. The van der Waals surface area contributed by atoms with E-state index >= 15 is 0 Å². The van der Waals surface area contributed by atoms with Gasteiger partial charge in [0.05, 0.1) is 11.8 Å². The molecule has 1 aliphatic rings. The number of amides is 1. The molecule has 0 bridgehead atoms. The second kappa shape index (κ2) is 16.7. The summed E-state index contributed by atoms with van der Waals surface area (Å²) in [6.45, 7) is 7.94. The van der Waals surface area contributed by atoms with Gasteiger partial charge < -0.3 is 24.6 Å². The van der Waals surface area contributed by atoms with Crippen LogP contribution in [0.3, 0.4) is 0 Å². The minimum Gasteiger partial charge on any atom is -0.491 e. The van der Waals surface area contributed by atoms with Crippen molar-refractivity contribution in [3.8, 4) is 5.75 Å². The molecule has 1 unspecified atom stereocenters. The van der Waals surface area contributed by atoms with E-state index in [-0.39, 0.29) is 24.8 Å². The van der Waals surface area contributed by atoms with Crippen molar-refractivity contribution in [3.05, 3.63) is 191 Å². The first-order chi connectivity index (χ1) is 26.8. The third-order valence-corrected chi connectivity index (χ3v) is 10.0. The molecule has 1 aliphatic heterocycles. The van der Waals surface area contributed by atoms with Gasteiger partial charge in [0.15, 0.2) is 0 Å². The van der Waals surface area contributed by atoms with Crippen molar-refractivity contribution in [1.82, 2.24) is 9.88 Å². The quantitative estimate of drug-likeness (QED) is 0.0964. The number of aromatic nitrogens is 1. The van der Waals surface area contributed by atoms with Gasteiger partial charge in [0.1, 0.15) is 23.7 Å². The second-order valence-electron chi connectivity index (χ2n) is 14.2. The highest BCUT2D eigenvalue weighted by atomic mass is 16.6. The lowest BCUT2D eigenvalue weighted by Crippen LogP contribution is -2.54. The standard InChI is InChI=1S/C47H47N5O3/c1-34(2)55-41-24-25-43(50-47(38-18-10-5-11-19-38,39-20-12-6-13-21-39)40-22-14-7-15-23-40)42(31-41)45(48)37-26-27-49-44(30-37)51-28-29-52(35(3)32-51)46(53)54-33-36-16-8-4-9-17-36/h4-27,30-31,34-35,48,50H,28-29,32-33H2,1-3H3. The lowest BCUT2D eigenvalue weighted by Gasteiger charge is -2.39. The molecule has 5 aromatic carbocycles. The van der Waals surface area contributed by atoms with E-state index in [2.05, 4.69) is 83.0 Å². The smallest absolute Gasteiger partial charge is 0.410 e. The first kappa shape index (κ1) is 36.9. The summed E-state index contributed by atoms with van der Waals surface area (Å²) in [7, 11) is 0. The first-order valence-corrected chi connectivity index (χ1v) is 18.8. The summed E-state index contributed by atoms with van der Waals surface area (Å²) in [5.41, 5.74) is 5.89. The van der Waals surface area contributed by atoms with Gasteiger partial charge in [-0.05, 0) is 73.4 Å². The molecule has 55 heavy (non-hydrogen) atoms. The maximum Gasteiger partial charge on any atom is 0.410 e. The molecule has 0 saturated carbocycles. The summed E-state index contributed by atoms with van der Waals surface area (Å²) >= 11 is 0. The van der Waals surface area contributed by atoms with E-state index in [0.29, 0.717) is 36.7 Å². The third kappa shape index (κ3) is 8.24. The molecule has 8 heteroatoms. The van der Waals surface area contributed by atoms with Crippen LogP contribution in [0.4, 0.5) is 16.3 Å². The molecule has 1 atom stereocenters. The molecule has 1 fully saturated rings. The highest BCUT2D eigenvalue weighted by molar-refractivity contribution is 6.14. The number of rotatable bonds is 12. The minimum atomic E-state index is -0.791. The van der Waals surface area contributed by atoms with Gasteiger partial charge >= 0.3 is 6.09 Å². The van der Waals surface area contributed by atoms with E-state index in [0.717, 1.165) is 39.3 Å². The van der Waals surface area contributed by atoms with Gasteiger partial charge in [0.25, 0.3) is 0 Å². The van der Waals surface area contributed by atoms with Gasteiger partial charge in [0.2, 0.25) is 0 Å². The first-order valence-electron chi connectivity index (χ1n) is 18.8. The molecule has 8 nitrogen and oxygen atoms in total. The molecule has 2 N–H and O–H groups in total. The lowest BCUT2D eigenvalue weighted by molar-refractivity contribution is 0.0794. The Hall–Kier alpha value is -6.41. The Morgan fingerprint density at radius 1 is 0.800 bits per heavy atom. The van der Waals surface area contributed by atoms with Crippen LogP contribution < -0.4 is 15.0 Å². The number of benzene rings is 5. The monoisotopic (exact) mass is 729 g/mol. The number of hydrogen-bond donors (Lipinski definition) is 2. The van der Waals surface area contributed by atoms with Crippen LogP contribution in [-0.4, -0.2) is 53.5 Å². The normalized spacial score (nSPS) is 14.4. The van der Waals surface area contributed by atoms with Crippen LogP contribution in [0.25, 0.3) is 0 Å². The molecule has 6 aromatic rings. The number of nitrogens with zero attached hydrogens (tertiary/aromatic N) is 3. The van der Waals surface area contributed by atoms with Crippen LogP contribution in [0.2, 0.25) is 0 Å². The van der Waals surface area contributed by atoms with Crippen LogP contribution in [0.5, 0.6) is 5.75 Å². The largest absolute Gasteiger partial charge is 0.491 e. The topological polar surface area (TPSA) is 90.8 Å². The Balaban J connectivity index is 1.21. The Morgan fingerprint density at radius 2 is 1.38 bits per heavy atom. The fourth-order valence-electron chi connectivity index (χ4n) is 7.31. The van der Waals surface area contributed by atoms with Gasteiger partial charge in [0, 0.05) is 48.7 Å². The molecule has 7 rings (SSSR count). The van der Waals surface area contributed by atoms with Crippen LogP contribution in [0, 0.1) is 5.41 Å². The molecular weight excluding hydrogens is 683 g/mol. The zero-order valence-corrected chi connectivity index (χ0v) is 31.6. The molecule has 0 radical (unpaired) electrons. The fourth-order valence-corrected chi connectivity index (χ4v) is 7.31. The van der Waals surface area contributed by atoms with Gasteiger partial charge in [-0.3, -0.25) is 5.41 Å². The predicted octanol–water partition coefficient (Wildman–Crippen LogP) is 9.54. The average Bonchev–Trinajstić information content (AvgIpc) is 3.23. The SMILES string of the molecule is CC(C)Oc1ccc(NC(c2ccccc2)(c2ccccc2)c2ccccc2)c(C(=N)c2ccnc(N3CCN(C(=O)OCc4ccccc4)C(C)C3)c2)c1. The van der Waals surface area contributed by atoms with Crippen molar-refractivity contribution >= 4 is 23.3 Å². The van der Waals surface area contributed by atoms with Crippen molar-refractivity contribution in [2.75, 3.05) is 29.9 Å². The summed E-state index contributed by atoms with van der Waals surface area (Å²) in [6.07, 6.45) is 1.40. The van der Waals surface area contributed by atoms with Crippen LogP contribution in [0.15, 0.2) is 158 Å². The summed E-state index contributed by atoms with van der Waals surface area (Å²) in [5, 5.41) is 13.7. The lowest BCUT2D eigenvalue weighted by atomic mass is 9.76. The molecule has 278 valence electrons. The van der Waals surface area contributed by atoms with Crippen LogP contribution in [-0.2, 0) is 16.9 Å². The Morgan fingerprint density at radius 3 is 1.95 bits per heavy atom. The third-order valence-electron chi connectivity index (χ3n) is 10.0. The molecule has 2 heterocycles.